The smallest absolute Gasteiger partial charge is 0.340 e. The number of benzene rings is 2. The molecule has 7 heteroatoms. The summed E-state index contributed by atoms with van der Waals surface area (Å²) in [5.74, 6) is -1.14. The molecule has 0 fully saturated rings. The highest BCUT2D eigenvalue weighted by Crippen LogP contribution is 2.20. The Bertz CT molecular complexity index is 875. The first-order valence-electron chi connectivity index (χ1n) is 6.69. The summed E-state index contributed by atoms with van der Waals surface area (Å²) >= 11 is 5.94. The van der Waals surface area contributed by atoms with E-state index in [2.05, 4.69) is 10.3 Å². The van der Waals surface area contributed by atoms with E-state index in [4.69, 9.17) is 20.8 Å². The van der Waals surface area contributed by atoms with Gasteiger partial charge in [-0.3, -0.25) is 4.79 Å². The molecule has 0 radical (unpaired) electrons. The molecule has 0 atom stereocenters. The average Bonchev–Trinajstić information content (AvgIpc) is 3.03. The molecule has 3 rings (SSSR count). The standard InChI is InChI=1S/C16H11ClN2O4/c17-11-5-1-2-6-12(11)19-14(20)8-22-16(21)10-4-3-7-13-15(10)18-9-23-13/h1-7,9H,8H2,(H,19,20). The van der Waals surface area contributed by atoms with Gasteiger partial charge in [0.25, 0.3) is 5.91 Å². The van der Waals surface area contributed by atoms with Crippen molar-refractivity contribution in [3.8, 4) is 0 Å². The first-order valence-corrected chi connectivity index (χ1v) is 7.06. The predicted molar refractivity (Wildman–Crippen MR) is 84.4 cm³/mol. The Hall–Kier alpha value is -2.86. The minimum atomic E-state index is -0.654. The van der Waals surface area contributed by atoms with Gasteiger partial charge in [-0.2, -0.15) is 0 Å². The zero-order valence-electron chi connectivity index (χ0n) is 11.8. The van der Waals surface area contributed by atoms with Crippen LogP contribution < -0.4 is 5.32 Å². The maximum atomic E-state index is 12.1. The number of aromatic nitrogens is 1. The van der Waals surface area contributed by atoms with E-state index in [0.717, 1.165) is 0 Å². The van der Waals surface area contributed by atoms with E-state index in [1.54, 1.807) is 42.5 Å². The van der Waals surface area contributed by atoms with Crippen molar-refractivity contribution in [3.63, 3.8) is 0 Å². The largest absolute Gasteiger partial charge is 0.452 e. The Labute approximate surface area is 136 Å². The van der Waals surface area contributed by atoms with Gasteiger partial charge >= 0.3 is 5.97 Å². The van der Waals surface area contributed by atoms with Crippen molar-refractivity contribution in [2.75, 3.05) is 11.9 Å². The fraction of sp³-hybridized carbons (Fsp3) is 0.0625. The average molecular weight is 331 g/mol. The quantitative estimate of drug-likeness (QED) is 0.742. The van der Waals surface area contributed by atoms with Crippen molar-refractivity contribution in [1.82, 2.24) is 4.98 Å². The normalized spacial score (nSPS) is 10.5. The Morgan fingerprint density at radius 3 is 2.83 bits per heavy atom. The van der Waals surface area contributed by atoms with Gasteiger partial charge in [-0.15, -0.1) is 0 Å². The molecule has 0 unspecified atom stereocenters. The topological polar surface area (TPSA) is 81.4 Å². The third-order valence-corrected chi connectivity index (χ3v) is 3.39. The van der Waals surface area contributed by atoms with Crippen LogP contribution in [0.5, 0.6) is 0 Å². The number of rotatable bonds is 4. The summed E-state index contributed by atoms with van der Waals surface area (Å²) in [7, 11) is 0. The Morgan fingerprint density at radius 2 is 2.00 bits per heavy atom. The molecule has 1 heterocycles. The molecule has 1 amide bonds. The van der Waals surface area contributed by atoms with Crippen molar-refractivity contribution < 1.29 is 18.7 Å². The van der Waals surface area contributed by atoms with Crippen LogP contribution in [-0.2, 0) is 9.53 Å². The summed E-state index contributed by atoms with van der Waals surface area (Å²) < 4.78 is 10.1. The van der Waals surface area contributed by atoms with E-state index in [1.165, 1.54) is 6.39 Å². The highest BCUT2D eigenvalue weighted by atomic mass is 35.5. The molecule has 3 aromatic rings. The summed E-state index contributed by atoms with van der Waals surface area (Å²) in [5.41, 5.74) is 1.56. The maximum absolute atomic E-state index is 12.1. The van der Waals surface area contributed by atoms with Crippen LogP contribution in [0, 0.1) is 0 Å². The molecule has 2 aromatic carbocycles. The molecule has 0 spiro atoms. The number of fused-ring (bicyclic) bond motifs is 1. The van der Waals surface area contributed by atoms with Gasteiger partial charge in [0.2, 0.25) is 0 Å². The monoisotopic (exact) mass is 330 g/mol. The van der Waals surface area contributed by atoms with Crippen molar-refractivity contribution in [1.29, 1.82) is 0 Å². The van der Waals surface area contributed by atoms with E-state index in [9.17, 15) is 9.59 Å². The lowest BCUT2D eigenvalue weighted by molar-refractivity contribution is -0.119. The Kier molecular flexibility index (Phi) is 4.25. The van der Waals surface area contributed by atoms with Gasteiger partial charge in [0.1, 0.15) is 5.52 Å². The van der Waals surface area contributed by atoms with E-state index in [-0.39, 0.29) is 5.56 Å². The maximum Gasteiger partial charge on any atom is 0.340 e. The molecule has 0 saturated carbocycles. The number of halogens is 1. The lowest BCUT2D eigenvalue weighted by Gasteiger charge is -2.08. The molecular formula is C16H11ClN2O4. The van der Waals surface area contributed by atoms with Crippen molar-refractivity contribution in [3.05, 3.63) is 59.4 Å². The molecule has 23 heavy (non-hydrogen) atoms. The molecule has 0 saturated heterocycles. The number of nitrogens with one attached hydrogen (secondary N) is 1. The SMILES string of the molecule is O=C(COC(=O)c1cccc2ocnc12)Nc1ccccc1Cl. The number of nitrogens with zero attached hydrogens (tertiary/aromatic N) is 1. The lowest BCUT2D eigenvalue weighted by Crippen LogP contribution is -2.21. The second-order valence-corrected chi connectivity index (χ2v) is 5.02. The molecule has 6 nitrogen and oxygen atoms in total. The molecule has 1 aromatic heterocycles. The molecule has 0 aliphatic carbocycles. The summed E-state index contributed by atoms with van der Waals surface area (Å²) in [4.78, 5) is 27.9. The lowest BCUT2D eigenvalue weighted by atomic mass is 10.2. The molecule has 1 N–H and O–H groups in total. The van der Waals surface area contributed by atoms with Crippen molar-refractivity contribution in [2.45, 2.75) is 0 Å². The first-order chi connectivity index (χ1) is 11.1. The Balaban J connectivity index is 1.64. The number of amides is 1. The van der Waals surface area contributed by atoms with Crippen LogP contribution in [0.2, 0.25) is 5.02 Å². The third-order valence-electron chi connectivity index (χ3n) is 3.06. The van der Waals surface area contributed by atoms with Crippen LogP contribution in [0.4, 0.5) is 5.69 Å². The predicted octanol–water partition coefficient (Wildman–Crippen LogP) is 3.28. The van der Waals surface area contributed by atoms with Crippen LogP contribution in [0.3, 0.4) is 0 Å². The number of esters is 1. The minimum Gasteiger partial charge on any atom is -0.452 e. The van der Waals surface area contributed by atoms with E-state index >= 15 is 0 Å². The number of oxazole rings is 1. The van der Waals surface area contributed by atoms with Crippen LogP contribution in [0.15, 0.2) is 53.3 Å². The Morgan fingerprint density at radius 1 is 1.17 bits per heavy atom. The zero-order valence-corrected chi connectivity index (χ0v) is 12.5. The van der Waals surface area contributed by atoms with Gasteiger partial charge in [0.05, 0.1) is 16.3 Å². The highest BCUT2D eigenvalue weighted by Gasteiger charge is 2.16. The number of ether oxygens (including phenoxy) is 1. The van der Waals surface area contributed by atoms with Crippen LogP contribution >= 0.6 is 11.6 Å². The zero-order chi connectivity index (χ0) is 16.2. The van der Waals surface area contributed by atoms with E-state index < -0.39 is 18.5 Å². The second-order valence-electron chi connectivity index (χ2n) is 4.61. The number of carbonyl (C=O) groups is 2. The second kappa shape index (κ2) is 6.50. The highest BCUT2D eigenvalue weighted by molar-refractivity contribution is 6.33. The third kappa shape index (κ3) is 3.32. The van der Waals surface area contributed by atoms with E-state index in [1.807, 2.05) is 0 Å². The van der Waals surface area contributed by atoms with Crippen molar-refractivity contribution >= 4 is 40.3 Å². The van der Waals surface area contributed by atoms with Crippen LogP contribution in [0.1, 0.15) is 10.4 Å². The summed E-state index contributed by atoms with van der Waals surface area (Å²) in [6.07, 6.45) is 1.24. The van der Waals surface area contributed by atoms with Crippen LogP contribution in [0.25, 0.3) is 11.1 Å². The molecule has 116 valence electrons. The summed E-state index contributed by atoms with van der Waals surface area (Å²) in [6.45, 7) is -0.432. The molecule has 0 aliphatic rings. The van der Waals surface area contributed by atoms with Crippen LogP contribution in [-0.4, -0.2) is 23.5 Å². The number of carbonyl (C=O) groups excluding carboxylic acids is 2. The minimum absolute atomic E-state index is 0.238. The van der Waals surface area contributed by atoms with Gasteiger partial charge in [-0.05, 0) is 24.3 Å². The first kappa shape index (κ1) is 15.1. The van der Waals surface area contributed by atoms with Gasteiger partial charge in [-0.1, -0.05) is 29.8 Å². The number of hydrogen-bond donors (Lipinski definition) is 1. The van der Waals surface area contributed by atoms with E-state index in [0.29, 0.717) is 21.8 Å². The summed E-state index contributed by atoms with van der Waals surface area (Å²) in [6, 6.07) is 11.7. The molecular weight excluding hydrogens is 320 g/mol. The summed E-state index contributed by atoms with van der Waals surface area (Å²) in [5, 5.41) is 2.97. The van der Waals surface area contributed by atoms with Gasteiger partial charge in [-0.25, -0.2) is 9.78 Å². The molecule has 0 bridgehead atoms. The number of hydrogen-bond acceptors (Lipinski definition) is 5. The van der Waals surface area contributed by atoms with Crippen molar-refractivity contribution in [2.24, 2.45) is 0 Å². The fourth-order valence-corrected chi connectivity index (χ4v) is 2.19. The number of anilines is 1. The number of para-hydroxylation sites is 2. The van der Waals surface area contributed by atoms with Gasteiger partial charge < -0.3 is 14.5 Å². The molecule has 0 aliphatic heterocycles. The van der Waals surface area contributed by atoms with Gasteiger partial charge in [0.15, 0.2) is 18.6 Å². The fourth-order valence-electron chi connectivity index (χ4n) is 2.01. The van der Waals surface area contributed by atoms with Gasteiger partial charge in [0, 0.05) is 0 Å².